The van der Waals surface area contributed by atoms with Crippen molar-refractivity contribution in [3.63, 3.8) is 0 Å². The van der Waals surface area contributed by atoms with Gasteiger partial charge in [0.15, 0.2) is 5.82 Å². The van der Waals surface area contributed by atoms with Gasteiger partial charge in [-0.15, -0.1) is 0 Å². The van der Waals surface area contributed by atoms with Gasteiger partial charge in [0.1, 0.15) is 5.69 Å². The van der Waals surface area contributed by atoms with E-state index in [-0.39, 0.29) is 50.0 Å². The van der Waals surface area contributed by atoms with Crippen molar-refractivity contribution in [1.82, 2.24) is 9.78 Å². The molecule has 0 saturated heterocycles. The minimum Gasteiger partial charge on any atom is -0.481 e. The molecule has 0 aliphatic rings. The number of hydrogen-bond donors (Lipinski definition) is 4. The summed E-state index contributed by atoms with van der Waals surface area (Å²) >= 11 is 0. The smallest absolute Gasteiger partial charge is 0.303 e. The normalized spacial score (nSPS) is 10.4. The summed E-state index contributed by atoms with van der Waals surface area (Å²) < 4.78 is 1.53. The van der Waals surface area contributed by atoms with Gasteiger partial charge in [-0.05, 0) is 18.4 Å². The molecule has 0 radical (unpaired) electrons. The van der Waals surface area contributed by atoms with E-state index in [1.165, 1.54) is 10.9 Å². The molecule has 0 bridgehead atoms. The number of anilines is 2. The number of nitrogens with one attached hydrogen (secondary N) is 2. The first-order valence-electron chi connectivity index (χ1n) is 9.48. The topological polar surface area (TPSA) is 151 Å². The molecule has 10 heteroatoms. The summed E-state index contributed by atoms with van der Waals surface area (Å²) in [5, 5.41) is 27.0. The second-order valence-corrected chi connectivity index (χ2v) is 6.64. The average Bonchev–Trinajstić information content (AvgIpc) is 3.03. The Kier molecular flexibility index (Phi) is 8.55. The van der Waals surface area contributed by atoms with Crippen LogP contribution in [-0.4, -0.2) is 43.7 Å². The molecule has 4 N–H and O–H groups in total. The third-order valence-corrected chi connectivity index (χ3v) is 4.14. The summed E-state index contributed by atoms with van der Waals surface area (Å²) in [7, 11) is 0. The van der Waals surface area contributed by atoms with Crippen LogP contribution in [0.5, 0.6) is 0 Å². The fourth-order valence-corrected chi connectivity index (χ4v) is 2.69. The number of carbonyl (C=O) groups excluding carboxylic acids is 2. The molecule has 1 aromatic carbocycles. The van der Waals surface area contributed by atoms with Crippen molar-refractivity contribution >= 4 is 35.3 Å². The van der Waals surface area contributed by atoms with Gasteiger partial charge in [0, 0.05) is 25.7 Å². The Bertz CT molecular complexity index is 894. The van der Waals surface area contributed by atoms with Crippen LogP contribution in [0.1, 0.15) is 44.1 Å². The van der Waals surface area contributed by atoms with Gasteiger partial charge in [-0.2, -0.15) is 5.10 Å². The third-order valence-electron chi connectivity index (χ3n) is 4.14. The predicted molar refractivity (Wildman–Crippen MR) is 108 cm³/mol. The van der Waals surface area contributed by atoms with Crippen molar-refractivity contribution < 1.29 is 29.4 Å². The van der Waals surface area contributed by atoms with Crippen LogP contribution in [0.4, 0.5) is 11.5 Å². The molecule has 0 saturated carbocycles. The van der Waals surface area contributed by atoms with E-state index in [1.807, 2.05) is 30.3 Å². The van der Waals surface area contributed by atoms with Crippen molar-refractivity contribution in [2.75, 3.05) is 10.6 Å². The number of carbonyl (C=O) groups is 4. The van der Waals surface area contributed by atoms with Gasteiger partial charge in [0.25, 0.3) is 0 Å². The van der Waals surface area contributed by atoms with E-state index in [4.69, 9.17) is 10.2 Å². The van der Waals surface area contributed by atoms with Crippen molar-refractivity contribution in [2.45, 2.75) is 45.1 Å². The van der Waals surface area contributed by atoms with Gasteiger partial charge in [-0.1, -0.05) is 30.3 Å². The molecular weight excluding hydrogens is 392 g/mol. The summed E-state index contributed by atoms with van der Waals surface area (Å²) in [4.78, 5) is 45.6. The highest BCUT2D eigenvalue weighted by atomic mass is 16.4. The van der Waals surface area contributed by atoms with E-state index in [0.29, 0.717) is 6.54 Å². The molecule has 0 unspecified atom stereocenters. The van der Waals surface area contributed by atoms with E-state index >= 15 is 0 Å². The number of hydrogen-bond acceptors (Lipinski definition) is 5. The fourth-order valence-electron chi connectivity index (χ4n) is 2.69. The molecule has 0 fully saturated rings. The van der Waals surface area contributed by atoms with Crippen molar-refractivity contribution in [3.05, 3.63) is 42.1 Å². The molecule has 0 spiro atoms. The molecule has 2 rings (SSSR count). The summed E-state index contributed by atoms with van der Waals surface area (Å²) in [5.41, 5.74) is 1.22. The van der Waals surface area contributed by atoms with E-state index in [1.54, 1.807) is 0 Å². The van der Waals surface area contributed by atoms with E-state index in [9.17, 15) is 19.2 Å². The van der Waals surface area contributed by atoms with E-state index in [0.717, 1.165) is 5.56 Å². The summed E-state index contributed by atoms with van der Waals surface area (Å²) in [6, 6.07) is 9.40. The Labute approximate surface area is 172 Å². The molecular formula is C20H24N4O6. The standard InChI is InChI=1S/C20H24N4O6/c25-16(8-4-10-18(27)28)22-15-12-21-24(13-14-6-2-1-3-7-14)20(15)23-17(26)9-5-11-19(29)30/h1-3,6-7,12H,4-5,8-11,13H2,(H,22,25)(H,23,26)(H,27,28)(H,29,30). The number of nitrogens with zero attached hydrogens (tertiary/aromatic N) is 2. The van der Waals surface area contributed by atoms with Crippen molar-refractivity contribution in [3.8, 4) is 0 Å². The number of carboxylic acids is 2. The molecule has 2 amide bonds. The lowest BCUT2D eigenvalue weighted by Gasteiger charge is -2.12. The first-order chi connectivity index (χ1) is 14.3. The predicted octanol–water partition coefficient (Wildman–Crippen LogP) is 2.32. The van der Waals surface area contributed by atoms with Gasteiger partial charge in [-0.25, -0.2) is 4.68 Å². The second-order valence-electron chi connectivity index (χ2n) is 6.64. The maximum Gasteiger partial charge on any atom is 0.303 e. The van der Waals surface area contributed by atoms with Crippen LogP contribution in [0.3, 0.4) is 0 Å². The largest absolute Gasteiger partial charge is 0.481 e. The van der Waals surface area contributed by atoms with Gasteiger partial charge in [0.05, 0.1) is 12.7 Å². The zero-order chi connectivity index (χ0) is 21.9. The monoisotopic (exact) mass is 416 g/mol. The molecule has 1 heterocycles. The van der Waals surface area contributed by atoms with Crippen molar-refractivity contribution in [2.24, 2.45) is 0 Å². The molecule has 0 aliphatic carbocycles. The number of amides is 2. The number of aliphatic carboxylic acids is 2. The number of carboxylic acid groups (broad SMARTS) is 2. The summed E-state index contributed by atoms with van der Waals surface area (Å²) in [6.07, 6.45) is 1.57. The lowest BCUT2D eigenvalue weighted by atomic mass is 10.2. The molecule has 160 valence electrons. The summed E-state index contributed by atoms with van der Waals surface area (Å²) in [6.45, 7) is 0.348. The highest BCUT2D eigenvalue weighted by molar-refractivity contribution is 5.98. The van der Waals surface area contributed by atoms with Crippen LogP contribution in [0.2, 0.25) is 0 Å². The molecule has 30 heavy (non-hydrogen) atoms. The molecule has 1 aromatic heterocycles. The molecule has 0 atom stereocenters. The first-order valence-corrected chi connectivity index (χ1v) is 9.48. The Morgan fingerprint density at radius 1 is 0.833 bits per heavy atom. The highest BCUT2D eigenvalue weighted by Crippen LogP contribution is 2.23. The van der Waals surface area contributed by atoms with Crippen LogP contribution in [0, 0.1) is 0 Å². The Balaban J connectivity index is 2.11. The van der Waals surface area contributed by atoms with Crippen LogP contribution >= 0.6 is 0 Å². The van der Waals surface area contributed by atoms with Crippen LogP contribution in [0.15, 0.2) is 36.5 Å². The Morgan fingerprint density at radius 2 is 1.40 bits per heavy atom. The SMILES string of the molecule is O=C(O)CCCC(=O)Nc1cnn(Cc2ccccc2)c1NC(=O)CCCC(=O)O. The van der Waals surface area contributed by atoms with Gasteiger partial charge >= 0.3 is 11.9 Å². The van der Waals surface area contributed by atoms with E-state index in [2.05, 4.69) is 15.7 Å². The maximum atomic E-state index is 12.3. The van der Waals surface area contributed by atoms with Crippen LogP contribution < -0.4 is 10.6 Å². The minimum absolute atomic E-state index is 0.00875. The second kappa shape index (κ2) is 11.3. The third kappa shape index (κ3) is 7.74. The van der Waals surface area contributed by atoms with Gasteiger partial charge in [-0.3, -0.25) is 19.2 Å². The zero-order valence-electron chi connectivity index (χ0n) is 16.3. The van der Waals surface area contributed by atoms with E-state index < -0.39 is 23.8 Å². The fraction of sp³-hybridized carbons (Fsp3) is 0.350. The number of rotatable bonds is 12. The van der Waals surface area contributed by atoms with Crippen LogP contribution in [0.25, 0.3) is 0 Å². The van der Waals surface area contributed by atoms with Gasteiger partial charge < -0.3 is 20.8 Å². The Hall–Kier alpha value is -3.69. The minimum atomic E-state index is -0.980. The number of benzene rings is 1. The van der Waals surface area contributed by atoms with Crippen LogP contribution in [-0.2, 0) is 25.7 Å². The van der Waals surface area contributed by atoms with Crippen molar-refractivity contribution in [1.29, 1.82) is 0 Å². The first kappa shape index (κ1) is 22.6. The molecule has 2 aromatic rings. The maximum absolute atomic E-state index is 12.3. The Morgan fingerprint density at radius 3 is 1.97 bits per heavy atom. The average molecular weight is 416 g/mol. The number of aromatic nitrogens is 2. The lowest BCUT2D eigenvalue weighted by Crippen LogP contribution is -2.19. The quantitative estimate of drug-likeness (QED) is 0.414. The molecule has 0 aliphatic heterocycles. The van der Waals surface area contributed by atoms with Gasteiger partial charge in [0.2, 0.25) is 11.8 Å². The lowest BCUT2D eigenvalue weighted by molar-refractivity contribution is -0.138. The molecule has 10 nitrogen and oxygen atoms in total. The zero-order valence-corrected chi connectivity index (χ0v) is 16.3. The summed E-state index contributed by atoms with van der Waals surface area (Å²) in [5.74, 6) is -2.46. The highest BCUT2D eigenvalue weighted by Gasteiger charge is 2.17.